The van der Waals surface area contributed by atoms with Crippen LogP contribution in [0.1, 0.15) is 12.8 Å². The maximum Gasteiger partial charge on any atom is 0.321 e. The second kappa shape index (κ2) is 8.46. The maximum atomic E-state index is 13.6. The topological polar surface area (TPSA) is 77.3 Å². The number of aromatic nitrogens is 4. The van der Waals surface area contributed by atoms with Crippen LogP contribution in [-0.2, 0) is 7.05 Å². The Morgan fingerprint density at radius 2 is 1.94 bits per heavy atom. The van der Waals surface area contributed by atoms with Crippen LogP contribution in [0.4, 0.5) is 16.0 Å². The molecular weight excluding hydrogens is 435 g/mol. The zero-order chi connectivity index (χ0) is 22.2. The molecule has 3 heterocycles. The lowest BCUT2D eigenvalue weighted by Gasteiger charge is -2.39. The number of hydrogen-bond donors (Lipinski definition) is 1. The summed E-state index contributed by atoms with van der Waals surface area (Å²) in [7, 11) is 3.37. The van der Waals surface area contributed by atoms with Crippen molar-refractivity contribution in [2.24, 2.45) is 18.9 Å². The highest BCUT2D eigenvalue weighted by Gasteiger charge is 2.42. The summed E-state index contributed by atoms with van der Waals surface area (Å²) in [6, 6.07) is 8.58. The number of halogens is 2. The molecule has 8 nitrogen and oxygen atoms in total. The zero-order valence-electron chi connectivity index (χ0n) is 17.8. The van der Waals surface area contributed by atoms with Crippen molar-refractivity contribution in [3.05, 3.63) is 47.4 Å². The van der Waals surface area contributed by atoms with Crippen LogP contribution in [0, 0.1) is 17.7 Å². The molecule has 1 aromatic carbocycles. The van der Waals surface area contributed by atoms with E-state index in [9.17, 15) is 4.39 Å². The molecule has 0 radical (unpaired) electrons. The number of ether oxygens (including phenoxy) is 2. The number of hydrogen-bond acceptors (Lipinski definition) is 7. The number of pyridine rings is 1. The third-order valence-electron chi connectivity index (χ3n) is 6.19. The first-order chi connectivity index (χ1) is 15.5. The van der Waals surface area contributed by atoms with Gasteiger partial charge in [-0.25, -0.2) is 14.1 Å². The molecule has 0 spiro atoms. The molecule has 0 amide bonds. The first-order valence-corrected chi connectivity index (χ1v) is 10.9. The van der Waals surface area contributed by atoms with Gasteiger partial charge in [0, 0.05) is 55.2 Å². The lowest BCUT2D eigenvalue weighted by molar-refractivity contribution is 0.374. The van der Waals surface area contributed by atoms with Gasteiger partial charge < -0.3 is 19.7 Å². The van der Waals surface area contributed by atoms with Gasteiger partial charge in [-0.05, 0) is 42.9 Å². The molecule has 2 unspecified atom stereocenters. The second-order valence-corrected chi connectivity index (χ2v) is 8.71. The zero-order valence-corrected chi connectivity index (χ0v) is 18.6. The average molecular weight is 459 g/mol. The van der Waals surface area contributed by atoms with Crippen LogP contribution >= 0.6 is 11.6 Å². The van der Waals surface area contributed by atoms with Crippen molar-refractivity contribution in [3.63, 3.8) is 0 Å². The Morgan fingerprint density at radius 3 is 2.66 bits per heavy atom. The van der Waals surface area contributed by atoms with Gasteiger partial charge in [0.05, 0.1) is 7.11 Å². The fourth-order valence-electron chi connectivity index (χ4n) is 4.74. The van der Waals surface area contributed by atoms with Gasteiger partial charge >= 0.3 is 6.01 Å². The van der Waals surface area contributed by atoms with Crippen LogP contribution < -0.4 is 19.7 Å². The van der Waals surface area contributed by atoms with E-state index in [0.717, 1.165) is 31.6 Å². The van der Waals surface area contributed by atoms with Crippen LogP contribution in [0.15, 0.2) is 36.5 Å². The Hall–Kier alpha value is -3.07. The van der Waals surface area contributed by atoms with Crippen molar-refractivity contribution >= 4 is 23.2 Å². The Balaban J connectivity index is 1.28. The second-order valence-electron chi connectivity index (χ2n) is 8.28. The fraction of sp³-hybridized carbons (Fsp3) is 0.409. The summed E-state index contributed by atoms with van der Waals surface area (Å²) in [4.78, 5) is 11.1. The fourth-order valence-corrected chi connectivity index (χ4v) is 4.95. The van der Waals surface area contributed by atoms with Gasteiger partial charge in [0.2, 0.25) is 11.8 Å². The summed E-state index contributed by atoms with van der Waals surface area (Å²) in [5.74, 6) is 1.89. The van der Waals surface area contributed by atoms with Crippen molar-refractivity contribution in [2.75, 3.05) is 30.4 Å². The largest absolute Gasteiger partial charge is 0.481 e. The smallest absolute Gasteiger partial charge is 0.321 e. The normalized spacial score (nSPS) is 22.1. The van der Waals surface area contributed by atoms with E-state index in [1.54, 1.807) is 20.4 Å². The third-order valence-corrected chi connectivity index (χ3v) is 6.41. The van der Waals surface area contributed by atoms with Crippen molar-refractivity contribution in [1.82, 2.24) is 19.7 Å². The molecule has 2 aliphatic rings. The minimum Gasteiger partial charge on any atom is -0.481 e. The van der Waals surface area contributed by atoms with Gasteiger partial charge in [-0.2, -0.15) is 4.98 Å². The summed E-state index contributed by atoms with van der Waals surface area (Å²) in [5, 5.41) is 8.23. The number of nitrogens with zero attached hydrogens (tertiary/aromatic N) is 5. The van der Waals surface area contributed by atoms with Crippen molar-refractivity contribution in [3.8, 4) is 17.6 Å². The van der Waals surface area contributed by atoms with Gasteiger partial charge in [-0.1, -0.05) is 11.6 Å². The first-order valence-electron chi connectivity index (χ1n) is 10.5. The molecule has 1 aliphatic heterocycles. The molecule has 32 heavy (non-hydrogen) atoms. The summed E-state index contributed by atoms with van der Waals surface area (Å²) in [5.41, 5.74) is 1.13. The molecule has 2 aromatic heterocycles. The molecule has 168 valence electrons. The van der Waals surface area contributed by atoms with Crippen molar-refractivity contribution < 1.29 is 13.9 Å². The minimum atomic E-state index is -0.469. The van der Waals surface area contributed by atoms with Gasteiger partial charge in [0.25, 0.3) is 0 Å². The molecule has 5 rings (SSSR count). The number of benzene rings is 1. The third kappa shape index (κ3) is 4.17. The molecular formula is C22H24ClFN6O2. The van der Waals surface area contributed by atoms with Crippen LogP contribution in [-0.4, -0.2) is 46.0 Å². The van der Waals surface area contributed by atoms with E-state index >= 15 is 0 Å². The highest BCUT2D eigenvalue weighted by atomic mass is 35.5. The van der Waals surface area contributed by atoms with Crippen LogP contribution in [0.25, 0.3) is 0 Å². The van der Waals surface area contributed by atoms with Crippen molar-refractivity contribution in [2.45, 2.75) is 18.9 Å². The van der Waals surface area contributed by atoms with Crippen molar-refractivity contribution in [1.29, 1.82) is 0 Å². The Kier molecular flexibility index (Phi) is 5.50. The number of aryl methyl sites for hydroxylation is 1. The standard InChI is InChI=1S/C22H24ClFN6O2/c1-29-22(32-18-8-15(23)7-16(24)9-18)27-21(28-29)26-20-13-3-4-14(20)12-30(11-13)17-5-6-25-19(10-17)31-2/h5-10,13-14,20H,3-4,11-12H2,1-2H3,(H,26,28). The highest BCUT2D eigenvalue weighted by molar-refractivity contribution is 6.30. The van der Waals surface area contributed by atoms with Gasteiger partial charge in [-0.3, -0.25) is 0 Å². The SMILES string of the molecule is COc1cc(N2CC3CCC(C2)C3Nc2nc(Oc3cc(F)cc(Cl)c3)n(C)n2)ccn1. The Morgan fingerprint density at radius 1 is 1.16 bits per heavy atom. The molecule has 1 aliphatic carbocycles. The Labute approximate surface area is 190 Å². The maximum absolute atomic E-state index is 13.6. The molecule has 2 fully saturated rings. The van der Waals surface area contributed by atoms with Crippen LogP contribution in [0.2, 0.25) is 5.02 Å². The summed E-state index contributed by atoms with van der Waals surface area (Å²) in [6.07, 6.45) is 4.09. The molecule has 1 saturated heterocycles. The Bertz CT molecular complexity index is 1090. The summed E-state index contributed by atoms with van der Waals surface area (Å²) >= 11 is 5.91. The van der Waals surface area contributed by atoms with Gasteiger partial charge in [0.1, 0.15) is 11.6 Å². The predicted molar refractivity (Wildman–Crippen MR) is 119 cm³/mol. The molecule has 1 saturated carbocycles. The monoisotopic (exact) mass is 458 g/mol. The number of piperidine rings is 1. The molecule has 2 bridgehead atoms. The predicted octanol–water partition coefficient (Wildman–Crippen LogP) is 4.13. The number of fused-ring (bicyclic) bond motifs is 2. The number of methoxy groups -OCH3 is 1. The number of nitrogens with one attached hydrogen (secondary N) is 1. The average Bonchev–Trinajstić information content (AvgIpc) is 3.20. The van der Waals surface area contributed by atoms with E-state index in [-0.39, 0.29) is 22.8 Å². The van der Waals surface area contributed by atoms with E-state index in [1.807, 2.05) is 12.1 Å². The summed E-state index contributed by atoms with van der Waals surface area (Å²) in [6.45, 7) is 1.89. The van der Waals surface area contributed by atoms with E-state index in [2.05, 4.69) is 25.3 Å². The lowest BCUT2D eigenvalue weighted by atomic mass is 9.92. The summed E-state index contributed by atoms with van der Waals surface area (Å²) < 4.78 is 26.1. The molecule has 10 heteroatoms. The van der Waals surface area contributed by atoms with E-state index < -0.39 is 5.82 Å². The van der Waals surface area contributed by atoms with E-state index in [0.29, 0.717) is 23.7 Å². The minimum absolute atomic E-state index is 0.260. The molecule has 2 atom stereocenters. The highest BCUT2D eigenvalue weighted by Crippen LogP contribution is 2.40. The van der Waals surface area contributed by atoms with E-state index in [1.165, 1.54) is 22.9 Å². The number of anilines is 2. The molecule has 1 N–H and O–H groups in total. The lowest BCUT2D eigenvalue weighted by Crippen LogP contribution is -2.48. The first kappa shape index (κ1) is 20.8. The van der Waals surface area contributed by atoms with Gasteiger partial charge in [0.15, 0.2) is 0 Å². The van der Waals surface area contributed by atoms with Gasteiger partial charge in [-0.15, -0.1) is 5.10 Å². The quantitative estimate of drug-likeness (QED) is 0.595. The van der Waals surface area contributed by atoms with Crippen LogP contribution in [0.5, 0.6) is 17.6 Å². The molecule has 3 aromatic rings. The number of rotatable bonds is 6. The van der Waals surface area contributed by atoms with Crippen LogP contribution in [0.3, 0.4) is 0 Å². The van der Waals surface area contributed by atoms with E-state index in [4.69, 9.17) is 21.1 Å².